The van der Waals surface area contributed by atoms with Crippen molar-refractivity contribution in [3.05, 3.63) is 84.1 Å². The number of hydrogen-bond donors (Lipinski definition) is 1. The van der Waals surface area contributed by atoms with Crippen molar-refractivity contribution < 1.29 is 9.53 Å². The molecule has 0 atom stereocenters. The van der Waals surface area contributed by atoms with Crippen molar-refractivity contribution in [1.29, 1.82) is 0 Å². The number of hydrogen-bond acceptors (Lipinski definition) is 3. The van der Waals surface area contributed by atoms with Gasteiger partial charge in [0.1, 0.15) is 0 Å². The van der Waals surface area contributed by atoms with Gasteiger partial charge in [-0.3, -0.25) is 4.79 Å². The Morgan fingerprint density at radius 2 is 1.59 bits per heavy atom. The summed E-state index contributed by atoms with van der Waals surface area (Å²) in [6, 6.07) is 22.0. The third-order valence-corrected chi connectivity index (χ3v) is 4.07. The van der Waals surface area contributed by atoms with Gasteiger partial charge in [0, 0.05) is 18.8 Å². The Labute approximate surface area is 160 Å². The van der Waals surface area contributed by atoms with E-state index in [2.05, 4.69) is 34.6 Å². The van der Waals surface area contributed by atoms with Crippen LogP contribution in [0.1, 0.15) is 25.0 Å². The number of ether oxygens (including phenoxy) is 1. The largest absolute Gasteiger partial charge is 0.475 e. The fraction of sp³-hybridized carbons (Fsp3) is 0.217. The highest BCUT2D eigenvalue weighted by atomic mass is 16.5. The van der Waals surface area contributed by atoms with E-state index in [1.807, 2.05) is 56.3 Å². The first-order valence-electron chi connectivity index (χ1n) is 9.13. The van der Waals surface area contributed by atoms with Crippen LogP contribution in [0.2, 0.25) is 0 Å². The summed E-state index contributed by atoms with van der Waals surface area (Å²) < 4.78 is 5.52. The Hall–Kier alpha value is -3.14. The van der Waals surface area contributed by atoms with Gasteiger partial charge in [-0.25, -0.2) is 4.98 Å². The first-order chi connectivity index (χ1) is 13.1. The molecule has 1 amide bonds. The maximum atomic E-state index is 12.2. The minimum Gasteiger partial charge on any atom is -0.475 e. The standard InChI is InChI=1S/C23H24N2O2/c1-17(2)27-23-13-10-19(16-25-23)15-24-22(26)14-18-8-11-21(12-9-18)20-6-4-3-5-7-20/h3-13,16-17H,14-15H2,1-2H3,(H,24,26). The molecule has 4 nitrogen and oxygen atoms in total. The van der Waals surface area contributed by atoms with Gasteiger partial charge in [0.15, 0.2) is 0 Å². The maximum absolute atomic E-state index is 12.2. The van der Waals surface area contributed by atoms with Crippen LogP contribution in [0, 0.1) is 0 Å². The van der Waals surface area contributed by atoms with Gasteiger partial charge in [0.05, 0.1) is 12.5 Å². The molecule has 0 aliphatic carbocycles. The van der Waals surface area contributed by atoms with Crippen molar-refractivity contribution in [2.75, 3.05) is 0 Å². The predicted molar refractivity (Wildman–Crippen MR) is 107 cm³/mol. The highest BCUT2D eigenvalue weighted by Gasteiger charge is 2.05. The maximum Gasteiger partial charge on any atom is 0.224 e. The molecule has 0 bridgehead atoms. The van der Waals surface area contributed by atoms with Gasteiger partial charge in [0.2, 0.25) is 11.8 Å². The number of amides is 1. The number of rotatable bonds is 7. The average molecular weight is 360 g/mol. The van der Waals surface area contributed by atoms with Crippen molar-refractivity contribution in [1.82, 2.24) is 10.3 Å². The normalized spacial score (nSPS) is 10.6. The molecule has 1 N–H and O–H groups in total. The third kappa shape index (κ3) is 5.68. The molecule has 0 saturated carbocycles. The Morgan fingerprint density at radius 3 is 2.22 bits per heavy atom. The van der Waals surface area contributed by atoms with Crippen molar-refractivity contribution in [3.63, 3.8) is 0 Å². The second kappa shape index (κ2) is 8.99. The second-order valence-corrected chi connectivity index (χ2v) is 6.69. The third-order valence-electron chi connectivity index (χ3n) is 4.07. The van der Waals surface area contributed by atoms with Crippen LogP contribution in [-0.2, 0) is 17.8 Å². The summed E-state index contributed by atoms with van der Waals surface area (Å²) >= 11 is 0. The predicted octanol–water partition coefficient (Wildman–Crippen LogP) is 4.39. The zero-order valence-electron chi connectivity index (χ0n) is 15.7. The van der Waals surface area contributed by atoms with Crippen LogP contribution in [-0.4, -0.2) is 17.0 Å². The Bertz CT molecular complexity index is 857. The summed E-state index contributed by atoms with van der Waals surface area (Å²) in [5.74, 6) is 0.587. The van der Waals surface area contributed by atoms with E-state index >= 15 is 0 Å². The zero-order valence-corrected chi connectivity index (χ0v) is 15.7. The molecular weight excluding hydrogens is 336 g/mol. The average Bonchev–Trinajstić information content (AvgIpc) is 2.68. The minimum absolute atomic E-state index is 0.00929. The summed E-state index contributed by atoms with van der Waals surface area (Å²) in [5, 5.41) is 2.93. The van der Waals surface area contributed by atoms with Gasteiger partial charge in [-0.05, 0) is 36.1 Å². The number of benzene rings is 2. The number of nitrogens with zero attached hydrogens (tertiary/aromatic N) is 1. The quantitative estimate of drug-likeness (QED) is 0.680. The summed E-state index contributed by atoms with van der Waals surface area (Å²) in [5.41, 5.74) is 4.25. The van der Waals surface area contributed by atoms with Gasteiger partial charge >= 0.3 is 0 Å². The Kier molecular flexibility index (Phi) is 6.21. The molecule has 0 radical (unpaired) electrons. The monoisotopic (exact) mass is 360 g/mol. The van der Waals surface area contributed by atoms with E-state index in [9.17, 15) is 4.79 Å². The van der Waals surface area contributed by atoms with Crippen LogP contribution in [0.4, 0.5) is 0 Å². The highest BCUT2D eigenvalue weighted by molar-refractivity contribution is 5.78. The molecule has 4 heteroatoms. The Morgan fingerprint density at radius 1 is 0.926 bits per heavy atom. The van der Waals surface area contributed by atoms with Crippen molar-refractivity contribution >= 4 is 5.91 Å². The van der Waals surface area contributed by atoms with Crippen LogP contribution >= 0.6 is 0 Å². The fourth-order valence-electron chi connectivity index (χ4n) is 2.72. The smallest absolute Gasteiger partial charge is 0.224 e. The first kappa shape index (κ1) is 18.6. The van der Waals surface area contributed by atoms with Crippen LogP contribution in [0.25, 0.3) is 11.1 Å². The Balaban J connectivity index is 1.50. The van der Waals surface area contributed by atoms with Crippen molar-refractivity contribution in [3.8, 4) is 17.0 Å². The van der Waals surface area contributed by atoms with Crippen LogP contribution < -0.4 is 10.1 Å². The van der Waals surface area contributed by atoms with E-state index in [0.29, 0.717) is 18.8 Å². The van der Waals surface area contributed by atoms with Gasteiger partial charge in [-0.2, -0.15) is 0 Å². The molecule has 0 aliphatic heterocycles. The molecule has 0 spiro atoms. The summed E-state index contributed by atoms with van der Waals surface area (Å²) in [6.07, 6.45) is 2.18. The fourth-order valence-corrected chi connectivity index (χ4v) is 2.72. The molecule has 0 unspecified atom stereocenters. The van der Waals surface area contributed by atoms with Crippen molar-refractivity contribution in [2.24, 2.45) is 0 Å². The van der Waals surface area contributed by atoms with E-state index < -0.39 is 0 Å². The number of pyridine rings is 1. The molecule has 1 heterocycles. The van der Waals surface area contributed by atoms with E-state index in [-0.39, 0.29) is 12.0 Å². The lowest BCUT2D eigenvalue weighted by Gasteiger charge is -2.09. The first-order valence-corrected chi connectivity index (χ1v) is 9.13. The topological polar surface area (TPSA) is 51.2 Å². The molecule has 138 valence electrons. The van der Waals surface area contributed by atoms with Gasteiger partial charge in [0.25, 0.3) is 0 Å². The lowest BCUT2D eigenvalue weighted by atomic mass is 10.0. The zero-order chi connectivity index (χ0) is 19.1. The molecular formula is C23H24N2O2. The molecule has 27 heavy (non-hydrogen) atoms. The van der Waals surface area contributed by atoms with Crippen LogP contribution in [0.5, 0.6) is 5.88 Å². The molecule has 2 aromatic carbocycles. The van der Waals surface area contributed by atoms with E-state index in [0.717, 1.165) is 16.7 Å². The molecule has 0 fully saturated rings. The molecule has 3 rings (SSSR count). The number of nitrogens with one attached hydrogen (secondary N) is 1. The van der Waals surface area contributed by atoms with E-state index in [1.165, 1.54) is 5.56 Å². The van der Waals surface area contributed by atoms with Crippen LogP contribution in [0.3, 0.4) is 0 Å². The second-order valence-electron chi connectivity index (χ2n) is 6.69. The minimum atomic E-state index is -0.00929. The number of carbonyl (C=O) groups is 1. The van der Waals surface area contributed by atoms with Crippen molar-refractivity contribution in [2.45, 2.75) is 32.9 Å². The summed E-state index contributed by atoms with van der Waals surface area (Å²) in [4.78, 5) is 16.4. The van der Waals surface area contributed by atoms with Gasteiger partial charge < -0.3 is 10.1 Å². The number of aromatic nitrogens is 1. The van der Waals surface area contributed by atoms with E-state index in [1.54, 1.807) is 6.20 Å². The highest BCUT2D eigenvalue weighted by Crippen LogP contribution is 2.19. The molecule has 0 saturated heterocycles. The van der Waals surface area contributed by atoms with E-state index in [4.69, 9.17) is 4.74 Å². The lowest BCUT2D eigenvalue weighted by molar-refractivity contribution is -0.120. The van der Waals surface area contributed by atoms with Gasteiger partial charge in [-0.1, -0.05) is 60.7 Å². The lowest BCUT2D eigenvalue weighted by Crippen LogP contribution is -2.24. The number of carbonyl (C=O) groups excluding carboxylic acids is 1. The molecule has 1 aromatic heterocycles. The molecule has 0 aliphatic rings. The van der Waals surface area contributed by atoms with Crippen LogP contribution in [0.15, 0.2) is 72.9 Å². The summed E-state index contributed by atoms with van der Waals surface area (Å²) in [6.45, 7) is 4.38. The van der Waals surface area contributed by atoms with Gasteiger partial charge in [-0.15, -0.1) is 0 Å². The SMILES string of the molecule is CC(C)Oc1ccc(CNC(=O)Cc2ccc(-c3ccccc3)cc2)cn1. The summed E-state index contributed by atoms with van der Waals surface area (Å²) in [7, 11) is 0. The molecule has 3 aromatic rings.